The number of halogens is 1. The van der Waals surface area contributed by atoms with E-state index in [2.05, 4.69) is 0 Å². The van der Waals surface area contributed by atoms with Gasteiger partial charge in [-0.3, -0.25) is 4.79 Å². The number of aliphatic carboxylic acids is 1. The van der Waals surface area contributed by atoms with E-state index in [4.69, 9.17) is 10.8 Å². The predicted molar refractivity (Wildman–Crippen MR) is 49.4 cm³/mol. The van der Waals surface area contributed by atoms with Crippen LogP contribution in [0, 0.1) is 5.92 Å². The third-order valence-electron chi connectivity index (χ3n) is 2.55. The molecule has 1 aliphatic rings. The lowest BCUT2D eigenvalue weighted by molar-refractivity contribution is -0.145. The molecule has 0 saturated heterocycles. The average Bonchev–Trinajstić information content (AvgIpc) is 1.85. The number of hydrogen-bond acceptors (Lipinski definition) is 2. The quantitative estimate of drug-likeness (QED) is 0.662. The Balaban J connectivity index is 0.00000121. The van der Waals surface area contributed by atoms with Crippen molar-refractivity contribution in [3.05, 3.63) is 0 Å². The predicted octanol–water partition coefficient (Wildman–Crippen LogP) is 1.40. The Hall–Kier alpha value is -0.280. The van der Waals surface area contributed by atoms with Gasteiger partial charge in [0, 0.05) is 5.54 Å². The highest BCUT2D eigenvalue weighted by Gasteiger charge is 2.37. The summed E-state index contributed by atoms with van der Waals surface area (Å²) in [5.41, 5.74) is 5.36. The van der Waals surface area contributed by atoms with E-state index in [1.54, 1.807) is 0 Å². The molecule has 3 nitrogen and oxygen atoms in total. The Morgan fingerprint density at radius 1 is 1.58 bits per heavy atom. The van der Waals surface area contributed by atoms with E-state index in [9.17, 15) is 4.79 Å². The van der Waals surface area contributed by atoms with Crippen molar-refractivity contribution < 1.29 is 9.90 Å². The first-order chi connectivity index (χ1) is 5.04. The van der Waals surface area contributed by atoms with Crippen LogP contribution < -0.4 is 5.73 Å². The van der Waals surface area contributed by atoms with Crippen LogP contribution in [0.2, 0.25) is 0 Å². The van der Waals surface area contributed by atoms with Gasteiger partial charge in [-0.15, -0.1) is 12.4 Å². The molecule has 1 saturated carbocycles. The number of carboxylic acids is 1. The van der Waals surface area contributed by atoms with Crippen molar-refractivity contribution in [2.45, 2.75) is 38.1 Å². The molecule has 72 valence electrons. The Kier molecular flexibility index (Phi) is 4.00. The Morgan fingerprint density at radius 2 is 2.17 bits per heavy atom. The lowest BCUT2D eigenvalue weighted by Gasteiger charge is -2.35. The van der Waals surface area contributed by atoms with Crippen molar-refractivity contribution >= 4 is 18.4 Å². The van der Waals surface area contributed by atoms with Gasteiger partial charge in [-0.25, -0.2) is 0 Å². The maximum atomic E-state index is 10.7. The molecule has 0 aromatic carbocycles. The van der Waals surface area contributed by atoms with Crippen molar-refractivity contribution in [3.8, 4) is 0 Å². The van der Waals surface area contributed by atoms with Gasteiger partial charge < -0.3 is 10.8 Å². The number of carbonyl (C=O) groups is 1. The van der Waals surface area contributed by atoms with Crippen LogP contribution in [0.1, 0.15) is 32.6 Å². The van der Waals surface area contributed by atoms with E-state index in [1.165, 1.54) is 0 Å². The molecule has 12 heavy (non-hydrogen) atoms. The minimum atomic E-state index is -0.741. The second-order valence-corrected chi connectivity index (χ2v) is 3.64. The topological polar surface area (TPSA) is 63.3 Å². The van der Waals surface area contributed by atoms with Gasteiger partial charge >= 0.3 is 5.97 Å². The second kappa shape index (κ2) is 4.10. The molecule has 1 aliphatic carbocycles. The van der Waals surface area contributed by atoms with Crippen LogP contribution in [0.25, 0.3) is 0 Å². The number of nitrogens with two attached hydrogens (primary N) is 1. The second-order valence-electron chi connectivity index (χ2n) is 3.64. The Morgan fingerprint density at radius 3 is 2.50 bits per heavy atom. The first kappa shape index (κ1) is 11.7. The van der Waals surface area contributed by atoms with E-state index in [-0.39, 0.29) is 18.3 Å². The van der Waals surface area contributed by atoms with Gasteiger partial charge in [0.25, 0.3) is 0 Å². The maximum Gasteiger partial charge on any atom is 0.308 e. The van der Waals surface area contributed by atoms with Crippen LogP contribution in [0.15, 0.2) is 0 Å². The average molecular weight is 194 g/mol. The van der Waals surface area contributed by atoms with E-state index < -0.39 is 11.5 Å². The molecular weight excluding hydrogens is 178 g/mol. The van der Waals surface area contributed by atoms with Crippen LogP contribution in [0.3, 0.4) is 0 Å². The van der Waals surface area contributed by atoms with Gasteiger partial charge in [0.2, 0.25) is 0 Å². The zero-order valence-corrected chi connectivity index (χ0v) is 8.06. The zero-order chi connectivity index (χ0) is 8.48. The SMILES string of the molecule is C[C@]1(N)CCCC[C@H]1C(=O)O.Cl. The molecule has 0 unspecified atom stereocenters. The summed E-state index contributed by atoms with van der Waals surface area (Å²) in [6.07, 6.45) is 3.65. The smallest absolute Gasteiger partial charge is 0.308 e. The Labute approximate surface area is 78.7 Å². The van der Waals surface area contributed by atoms with Crippen molar-refractivity contribution in [3.63, 3.8) is 0 Å². The third kappa shape index (κ3) is 2.35. The molecule has 0 aromatic rings. The van der Waals surface area contributed by atoms with Crippen molar-refractivity contribution in [2.24, 2.45) is 11.7 Å². The number of carboxylic acid groups (broad SMARTS) is 1. The molecule has 0 amide bonds. The highest BCUT2D eigenvalue weighted by atomic mass is 35.5. The molecule has 0 radical (unpaired) electrons. The van der Waals surface area contributed by atoms with E-state index >= 15 is 0 Å². The molecule has 4 heteroatoms. The number of hydrogen-bond donors (Lipinski definition) is 2. The molecule has 0 spiro atoms. The molecular formula is C8H16ClNO2. The number of rotatable bonds is 1. The van der Waals surface area contributed by atoms with Crippen molar-refractivity contribution in [1.82, 2.24) is 0 Å². The largest absolute Gasteiger partial charge is 0.481 e. The summed E-state index contributed by atoms with van der Waals surface area (Å²) in [6.45, 7) is 1.84. The molecule has 3 N–H and O–H groups in total. The summed E-state index contributed by atoms with van der Waals surface area (Å²) < 4.78 is 0. The van der Waals surface area contributed by atoms with E-state index in [1.807, 2.05) is 6.92 Å². The highest BCUT2D eigenvalue weighted by molar-refractivity contribution is 5.85. The van der Waals surface area contributed by atoms with E-state index in [0.717, 1.165) is 25.7 Å². The molecule has 1 fully saturated rings. The van der Waals surface area contributed by atoms with Gasteiger partial charge in [-0.1, -0.05) is 12.8 Å². The standard InChI is InChI=1S/C8H15NO2.ClH/c1-8(9)5-3-2-4-6(8)7(10)11;/h6H,2-5,9H2,1H3,(H,10,11);1H/t6-,8-;/m0./s1. The summed E-state index contributed by atoms with van der Waals surface area (Å²) in [6, 6.07) is 0. The Bertz CT molecular complexity index is 170. The van der Waals surface area contributed by atoms with Crippen molar-refractivity contribution in [2.75, 3.05) is 0 Å². The van der Waals surface area contributed by atoms with Crippen molar-refractivity contribution in [1.29, 1.82) is 0 Å². The molecule has 1 rings (SSSR count). The summed E-state index contributed by atoms with van der Waals surface area (Å²) in [4.78, 5) is 10.7. The molecule has 0 bridgehead atoms. The highest BCUT2D eigenvalue weighted by Crippen LogP contribution is 2.31. The summed E-state index contributed by atoms with van der Waals surface area (Å²) >= 11 is 0. The van der Waals surface area contributed by atoms with Crippen LogP contribution in [-0.2, 0) is 4.79 Å². The van der Waals surface area contributed by atoms with Gasteiger partial charge in [-0.05, 0) is 19.8 Å². The minimum absolute atomic E-state index is 0. The summed E-state index contributed by atoms with van der Waals surface area (Å²) in [5, 5.41) is 8.79. The fourth-order valence-corrected chi connectivity index (χ4v) is 1.76. The van der Waals surface area contributed by atoms with Gasteiger partial charge in [-0.2, -0.15) is 0 Å². The lowest BCUT2D eigenvalue weighted by Crippen LogP contribution is -2.49. The normalized spacial score (nSPS) is 35.3. The first-order valence-corrected chi connectivity index (χ1v) is 4.06. The van der Waals surface area contributed by atoms with E-state index in [0.29, 0.717) is 0 Å². The van der Waals surface area contributed by atoms with Crippen LogP contribution >= 0.6 is 12.4 Å². The fraction of sp³-hybridized carbons (Fsp3) is 0.875. The van der Waals surface area contributed by atoms with Gasteiger partial charge in [0.05, 0.1) is 5.92 Å². The monoisotopic (exact) mass is 193 g/mol. The van der Waals surface area contributed by atoms with Gasteiger partial charge in [0.1, 0.15) is 0 Å². The summed E-state index contributed by atoms with van der Waals surface area (Å²) in [7, 11) is 0. The lowest BCUT2D eigenvalue weighted by atomic mass is 9.75. The molecule has 0 aromatic heterocycles. The zero-order valence-electron chi connectivity index (χ0n) is 7.25. The van der Waals surface area contributed by atoms with Crippen LogP contribution in [0.5, 0.6) is 0 Å². The maximum absolute atomic E-state index is 10.7. The van der Waals surface area contributed by atoms with Crippen LogP contribution in [-0.4, -0.2) is 16.6 Å². The summed E-state index contributed by atoms with van der Waals surface area (Å²) in [5.74, 6) is -1.08. The minimum Gasteiger partial charge on any atom is -0.481 e. The molecule has 0 heterocycles. The molecule has 2 atom stereocenters. The van der Waals surface area contributed by atoms with Gasteiger partial charge in [0.15, 0.2) is 0 Å². The fourth-order valence-electron chi connectivity index (χ4n) is 1.76. The first-order valence-electron chi connectivity index (χ1n) is 4.06. The van der Waals surface area contributed by atoms with Crippen LogP contribution in [0.4, 0.5) is 0 Å². The third-order valence-corrected chi connectivity index (χ3v) is 2.55. The molecule has 0 aliphatic heterocycles.